The molecule has 6 rings (SSSR count). The molecule has 248 valence electrons. The van der Waals surface area contributed by atoms with Gasteiger partial charge in [0.2, 0.25) is 0 Å². The van der Waals surface area contributed by atoms with E-state index in [9.17, 15) is 43.9 Å². The minimum absolute atomic E-state index is 0.0421. The Kier molecular flexibility index (Phi) is 9.10. The Labute approximate surface area is 251 Å². The summed E-state index contributed by atoms with van der Waals surface area (Å²) < 4.78 is 165. The SMILES string of the molecule is CCCC12COC(C3CCC(c4cc(F)c(C(F)(F)Oc5cc(F)c(OC(F)(F)C=C(F)F)c(F)c5)c(F)c4)CC3)(OC1)OC2. The van der Waals surface area contributed by atoms with Crippen molar-refractivity contribution in [2.75, 3.05) is 19.8 Å². The van der Waals surface area contributed by atoms with E-state index in [1.165, 1.54) is 0 Å². The number of rotatable bonds is 10. The zero-order valence-corrected chi connectivity index (χ0v) is 23.7. The minimum atomic E-state index is -4.86. The van der Waals surface area contributed by atoms with Gasteiger partial charge in [0.05, 0.1) is 25.9 Å². The topological polar surface area (TPSA) is 46.2 Å². The Hall–Kier alpha value is -3.04. The standard InChI is InChI=1S/C30H28F10O5/c1-2-7-27-13-41-30(42-14-27,43-15-27)18-5-3-16(4-6-18)17-8-20(31)25(21(32)9-17)29(39,40)44-19-10-22(33)26(23(34)11-19)45-28(37,38)12-24(35)36/h8-12,16,18H,2-7,13-15H2,1H3. The van der Waals surface area contributed by atoms with E-state index in [4.69, 9.17) is 14.2 Å². The molecule has 2 aromatic rings. The monoisotopic (exact) mass is 658 g/mol. The van der Waals surface area contributed by atoms with Gasteiger partial charge in [0.1, 0.15) is 22.9 Å². The molecule has 1 saturated carbocycles. The molecule has 0 spiro atoms. The fraction of sp³-hybridized carbons (Fsp3) is 0.533. The van der Waals surface area contributed by atoms with Gasteiger partial charge in [0.15, 0.2) is 17.4 Å². The van der Waals surface area contributed by atoms with Gasteiger partial charge in [-0.25, -0.2) is 17.6 Å². The van der Waals surface area contributed by atoms with Crippen LogP contribution in [0.3, 0.4) is 0 Å². The first-order valence-electron chi connectivity index (χ1n) is 14.2. The Morgan fingerprint density at radius 1 is 0.822 bits per heavy atom. The summed E-state index contributed by atoms with van der Waals surface area (Å²) in [4.78, 5) is 0. The van der Waals surface area contributed by atoms with Crippen molar-refractivity contribution >= 4 is 0 Å². The molecule has 2 bridgehead atoms. The number of hydrogen-bond acceptors (Lipinski definition) is 5. The number of fused-ring (bicyclic) bond motifs is 3. The summed E-state index contributed by atoms with van der Waals surface area (Å²) in [5.74, 6) is -12.4. The van der Waals surface area contributed by atoms with Crippen molar-refractivity contribution < 1.29 is 67.6 Å². The third-order valence-electron chi connectivity index (χ3n) is 8.31. The summed E-state index contributed by atoms with van der Waals surface area (Å²) in [7, 11) is 0. The maximum atomic E-state index is 15.0. The summed E-state index contributed by atoms with van der Waals surface area (Å²) in [5.41, 5.74) is -1.92. The maximum Gasteiger partial charge on any atom is 0.432 e. The van der Waals surface area contributed by atoms with E-state index < -0.39 is 76.6 Å². The Morgan fingerprint density at radius 2 is 1.36 bits per heavy atom. The van der Waals surface area contributed by atoms with Crippen LogP contribution in [0, 0.1) is 34.6 Å². The van der Waals surface area contributed by atoms with E-state index in [0.29, 0.717) is 45.5 Å². The lowest BCUT2D eigenvalue weighted by Crippen LogP contribution is -2.63. The van der Waals surface area contributed by atoms with E-state index in [-0.39, 0.29) is 29.0 Å². The smallest absolute Gasteiger partial charge is 0.429 e. The van der Waals surface area contributed by atoms with Crippen molar-refractivity contribution in [1.29, 1.82) is 0 Å². The van der Waals surface area contributed by atoms with Gasteiger partial charge in [-0.1, -0.05) is 13.3 Å². The summed E-state index contributed by atoms with van der Waals surface area (Å²) in [6, 6.07) is 1.36. The molecule has 45 heavy (non-hydrogen) atoms. The molecule has 15 heteroatoms. The summed E-state index contributed by atoms with van der Waals surface area (Å²) in [5, 5.41) is 0. The summed E-state index contributed by atoms with van der Waals surface area (Å²) in [6.45, 7) is 3.57. The average molecular weight is 659 g/mol. The van der Waals surface area contributed by atoms with E-state index in [0.717, 1.165) is 25.0 Å². The molecule has 3 aliphatic heterocycles. The minimum Gasteiger partial charge on any atom is -0.429 e. The quantitative estimate of drug-likeness (QED) is 0.239. The number of hydrogen-bond donors (Lipinski definition) is 0. The molecule has 0 amide bonds. The van der Waals surface area contributed by atoms with E-state index in [1.54, 1.807) is 0 Å². The predicted molar refractivity (Wildman–Crippen MR) is 136 cm³/mol. The normalized spacial score (nSPS) is 26.9. The predicted octanol–water partition coefficient (Wildman–Crippen LogP) is 8.91. The second kappa shape index (κ2) is 12.3. The maximum absolute atomic E-state index is 15.0. The Balaban J connectivity index is 1.26. The van der Waals surface area contributed by atoms with Crippen LogP contribution >= 0.6 is 0 Å². The molecule has 0 radical (unpaired) electrons. The number of halogens is 10. The molecular weight excluding hydrogens is 630 g/mol. The first-order valence-corrected chi connectivity index (χ1v) is 14.2. The van der Waals surface area contributed by atoms with Gasteiger partial charge in [-0.05, 0) is 55.7 Å². The molecule has 5 nitrogen and oxygen atoms in total. The zero-order valence-electron chi connectivity index (χ0n) is 23.7. The Bertz CT molecular complexity index is 1370. The highest BCUT2D eigenvalue weighted by Gasteiger charge is 2.56. The van der Waals surface area contributed by atoms with Crippen LogP contribution in [-0.2, 0) is 20.3 Å². The van der Waals surface area contributed by atoms with Gasteiger partial charge in [0, 0.05) is 23.5 Å². The van der Waals surface area contributed by atoms with Crippen LogP contribution in [0.1, 0.15) is 62.5 Å². The van der Waals surface area contributed by atoms with Crippen LogP contribution in [0.15, 0.2) is 36.4 Å². The molecule has 1 aliphatic carbocycles. The molecule has 0 aromatic heterocycles. The first-order chi connectivity index (χ1) is 21.1. The fourth-order valence-electron chi connectivity index (χ4n) is 6.18. The van der Waals surface area contributed by atoms with Crippen LogP contribution in [0.4, 0.5) is 43.9 Å². The van der Waals surface area contributed by atoms with Crippen molar-refractivity contribution in [2.45, 2.75) is 69.6 Å². The van der Waals surface area contributed by atoms with Gasteiger partial charge in [-0.15, -0.1) is 0 Å². The lowest BCUT2D eigenvalue weighted by Gasteiger charge is -2.55. The van der Waals surface area contributed by atoms with Gasteiger partial charge >= 0.3 is 12.2 Å². The van der Waals surface area contributed by atoms with Crippen LogP contribution in [0.2, 0.25) is 0 Å². The lowest BCUT2D eigenvalue weighted by molar-refractivity contribution is -0.488. The molecule has 4 fully saturated rings. The van der Waals surface area contributed by atoms with Crippen molar-refractivity contribution in [3.63, 3.8) is 0 Å². The Morgan fingerprint density at radius 3 is 1.84 bits per heavy atom. The molecule has 0 unspecified atom stereocenters. The summed E-state index contributed by atoms with van der Waals surface area (Å²) >= 11 is 0. The van der Waals surface area contributed by atoms with Crippen LogP contribution in [-0.4, -0.2) is 31.9 Å². The summed E-state index contributed by atoms with van der Waals surface area (Å²) in [6.07, 6.45) is -9.92. The lowest BCUT2D eigenvalue weighted by atomic mass is 9.76. The number of alkyl halides is 4. The van der Waals surface area contributed by atoms with Gasteiger partial charge < -0.3 is 23.7 Å². The molecule has 3 heterocycles. The number of benzene rings is 2. The highest BCUT2D eigenvalue weighted by atomic mass is 19.3. The highest BCUT2D eigenvalue weighted by molar-refractivity contribution is 5.37. The van der Waals surface area contributed by atoms with Gasteiger partial charge in [-0.2, -0.15) is 26.3 Å². The zero-order chi connectivity index (χ0) is 32.8. The molecule has 4 aliphatic rings. The number of ether oxygens (including phenoxy) is 5. The molecule has 0 atom stereocenters. The largest absolute Gasteiger partial charge is 0.432 e. The van der Waals surface area contributed by atoms with Crippen molar-refractivity contribution in [3.8, 4) is 11.5 Å². The highest BCUT2D eigenvalue weighted by Crippen LogP contribution is 2.50. The second-order valence-corrected chi connectivity index (χ2v) is 11.6. The first kappa shape index (κ1) is 33.3. The van der Waals surface area contributed by atoms with Crippen LogP contribution in [0.25, 0.3) is 0 Å². The van der Waals surface area contributed by atoms with E-state index in [1.807, 2.05) is 0 Å². The van der Waals surface area contributed by atoms with E-state index >= 15 is 0 Å². The van der Waals surface area contributed by atoms with Crippen molar-refractivity contribution in [3.05, 3.63) is 70.8 Å². The average Bonchev–Trinajstić information content (AvgIpc) is 2.95. The van der Waals surface area contributed by atoms with Crippen molar-refractivity contribution in [2.24, 2.45) is 11.3 Å². The second-order valence-electron chi connectivity index (χ2n) is 11.6. The third-order valence-corrected chi connectivity index (χ3v) is 8.31. The van der Waals surface area contributed by atoms with Gasteiger partial charge in [-0.3, -0.25) is 0 Å². The fourth-order valence-corrected chi connectivity index (χ4v) is 6.18. The van der Waals surface area contributed by atoms with Crippen molar-refractivity contribution in [1.82, 2.24) is 0 Å². The van der Waals surface area contributed by atoms with Gasteiger partial charge in [0.25, 0.3) is 12.1 Å². The van der Waals surface area contributed by atoms with Crippen LogP contribution < -0.4 is 9.47 Å². The van der Waals surface area contributed by atoms with E-state index in [2.05, 4.69) is 16.4 Å². The molecule has 0 N–H and O–H groups in total. The molecule has 3 saturated heterocycles. The molecule has 2 aromatic carbocycles. The molecular formula is C30H28F10O5. The third kappa shape index (κ3) is 6.89. The van der Waals surface area contributed by atoms with Crippen LogP contribution in [0.5, 0.6) is 11.5 Å².